The van der Waals surface area contributed by atoms with Gasteiger partial charge in [0.2, 0.25) is 0 Å². The van der Waals surface area contributed by atoms with Gasteiger partial charge in [-0.2, -0.15) is 0 Å². The van der Waals surface area contributed by atoms with Crippen LogP contribution in [0, 0.1) is 5.92 Å². The fourth-order valence-corrected chi connectivity index (χ4v) is 2.88. The topological polar surface area (TPSA) is 50.4 Å². The second-order valence-electron chi connectivity index (χ2n) is 6.46. The molecule has 0 aromatic heterocycles. The Morgan fingerprint density at radius 3 is 2.50 bits per heavy atom. The molecule has 0 bridgehead atoms. The van der Waals surface area contributed by atoms with Crippen molar-refractivity contribution in [2.75, 3.05) is 6.54 Å². The highest BCUT2D eigenvalue weighted by atomic mass is 19.3. The van der Waals surface area contributed by atoms with Crippen LogP contribution in [-0.4, -0.2) is 31.1 Å². The summed E-state index contributed by atoms with van der Waals surface area (Å²) in [5, 5.41) is 5.78. The van der Waals surface area contributed by atoms with Crippen molar-refractivity contribution in [3.8, 4) is 0 Å². The summed E-state index contributed by atoms with van der Waals surface area (Å²) in [6.07, 6.45) is 0.833. The SMILES string of the molecule is CC(NCC1CCC(NC(=O)OCc2ccccc2)CC1)C(F)F. The Balaban J connectivity index is 1.61. The highest BCUT2D eigenvalue weighted by Crippen LogP contribution is 2.24. The first kappa shape index (κ1) is 18.6. The maximum atomic E-state index is 12.5. The number of nitrogens with one attached hydrogen (secondary N) is 2. The average molecular weight is 340 g/mol. The van der Waals surface area contributed by atoms with Crippen LogP contribution in [0.1, 0.15) is 38.2 Å². The maximum absolute atomic E-state index is 12.5. The lowest BCUT2D eigenvalue weighted by molar-refractivity contribution is 0.101. The lowest BCUT2D eigenvalue weighted by Gasteiger charge is -2.29. The van der Waals surface area contributed by atoms with Gasteiger partial charge in [0.1, 0.15) is 6.61 Å². The third-order valence-corrected chi connectivity index (χ3v) is 4.49. The van der Waals surface area contributed by atoms with Crippen molar-refractivity contribution in [1.82, 2.24) is 10.6 Å². The van der Waals surface area contributed by atoms with Gasteiger partial charge in [0.25, 0.3) is 6.43 Å². The summed E-state index contributed by atoms with van der Waals surface area (Å²) in [7, 11) is 0. The van der Waals surface area contributed by atoms with Gasteiger partial charge in [-0.05, 0) is 50.6 Å². The highest BCUT2D eigenvalue weighted by molar-refractivity contribution is 5.67. The Morgan fingerprint density at radius 2 is 1.88 bits per heavy atom. The summed E-state index contributed by atoms with van der Waals surface area (Å²) in [6.45, 7) is 2.37. The fourth-order valence-electron chi connectivity index (χ4n) is 2.88. The Kier molecular flexibility index (Phi) is 7.43. The molecule has 1 aromatic carbocycles. The number of ether oxygens (including phenoxy) is 1. The second kappa shape index (κ2) is 9.57. The molecule has 1 amide bonds. The predicted molar refractivity (Wildman–Crippen MR) is 89.0 cm³/mol. The Labute approximate surface area is 142 Å². The first-order chi connectivity index (χ1) is 11.5. The van der Waals surface area contributed by atoms with Gasteiger partial charge in [-0.3, -0.25) is 0 Å². The van der Waals surface area contributed by atoms with Crippen LogP contribution in [0.15, 0.2) is 30.3 Å². The first-order valence-corrected chi connectivity index (χ1v) is 8.53. The number of amides is 1. The van der Waals surface area contributed by atoms with E-state index in [-0.39, 0.29) is 12.6 Å². The van der Waals surface area contributed by atoms with E-state index in [2.05, 4.69) is 10.6 Å². The molecule has 1 aliphatic carbocycles. The smallest absolute Gasteiger partial charge is 0.407 e. The summed E-state index contributed by atoms with van der Waals surface area (Å²) in [6, 6.07) is 8.88. The molecule has 1 atom stereocenters. The summed E-state index contributed by atoms with van der Waals surface area (Å²) < 4.78 is 30.1. The van der Waals surface area contributed by atoms with E-state index in [0.717, 1.165) is 31.2 Å². The zero-order valence-electron chi connectivity index (χ0n) is 14.0. The van der Waals surface area contributed by atoms with E-state index in [0.29, 0.717) is 12.5 Å². The third-order valence-electron chi connectivity index (χ3n) is 4.49. The van der Waals surface area contributed by atoms with Crippen molar-refractivity contribution in [1.29, 1.82) is 0 Å². The van der Waals surface area contributed by atoms with E-state index < -0.39 is 18.6 Å². The van der Waals surface area contributed by atoms with Gasteiger partial charge in [-0.25, -0.2) is 13.6 Å². The van der Waals surface area contributed by atoms with E-state index in [1.165, 1.54) is 6.92 Å². The zero-order chi connectivity index (χ0) is 17.4. The van der Waals surface area contributed by atoms with Crippen LogP contribution in [0.25, 0.3) is 0 Å². The van der Waals surface area contributed by atoms with Crippen molar-refractivity contribution in [2.24, 2.45) is 5.92 Å². The number of carbonyl (C=O) groups is 1. The Morgan fingerprint density at radius 1 is 1.21 bits per heavy atom. The molecule has 134 valence electrons. The van der Waals surface area contributed by atoms with Crippen molar-refractivity contribution in [3.05, 3.63) is 35.9 Å². The molecule has 24 heavy (non-hydrogen) atoms. The zero-order valence-corrected chi connectivity index (χ0v) is 14.0. The van der Waals surface area contributed by atoms with E-state index >= 15 is 0 Å². The van der Waals surface area contributed by atoms with Gasteiger partial charge >= 0.3 is 6.09 Å². The molecule has 4 nitrogen and oxygen atoms in total. The van der Waals surface area contributed by atoms with Crippen LogP contribution in [0.2, 0.25) is 0 Å². The van der Waals surface area contributed by atoms with Gasteiger partial charge in [0, 0.05) is 6.04 Å². The first-order valence-electron chi connectivity index (χ1n) is 8.53. The molecule has 1 unspecified atom stereocenters. The molecule has 1 aromatic rings. The summed E-state index contributed by atoms with van der Waals surface area (Å²) in [5.41, 5.74) is 0.954. The molecule has 0 saturated heterocycles. The van der Waals surface area contributed by atoms with Gasteiger partial charge in [-0.1, -0.05) is 30.3 Å². The molecule has 0 spiro atoms. The molecule has 0 heterocycles. The van der Waals surface area contributed by atoms with E-state index in [4.69, 9.17) is 4.74 Å². The minimum absolute atomic E-state index is 0.108. The van der Waals surface area contributed by atoms with Gasteiger partial charge in [-0.15, -0.1) is 0 Å². The minimum atomic E-state index is -2.33. The fraction of sp³-hybridized carbons (Fsp3) is 0.611. The molecule has 0 aliphatic heterocycles. The van der Waals surface area contributed by atoms with Crippen molar-refractivity contribution < 1.29 is 18.3 Å². The Bertz CT molecular complexity index is 491. The number of alkyl halides is 2. The third kappa shape index (κ3) is 6.43. The van der Waals surface area contributed by atoms with Crippen LogP contribution in [0.5, 0.6) is 0 Å². The Hall–Kier alpha value is -1.69. The second-order valence-corrected chi connectivity index (χ2v) is 6.46. The molecular formula is C18H26F2N2O2. The molecule has 1 saturated carbocycles. The molecule has 2 rings (SSSR count). The average Bonchev–Trinajstić information content (AvgIpc) is 2.60. The van der Waals surface area contributed by atoms with E-state index in [9.17, 15) is 13.6 Å². The van der Waals surface area contributed by atoms with Crippen LogP contribution >= 0.6 is 0 Å². The van der Waals surface area contributed by atoms with Crippen molar-refractivity contribution >= 4 is 6.09 Å². The summed E-state index contributed by atoms with van der Waals surface area (Å²) in [5.74, 6) is 0.393. The number of rotatable bonds is 7. The van der Waals surface area contributed by atoms with E-state index in [1.807, 2.05) is 30.3 Å². The molecular weight excluding hydrogens is 314 g/mol. The molecule has 6 heteroatoms. The predicted octanol–water partition coefficient (Wildman–Crippen LogP) is 3.71. The quantitative estimate of drug-likeness (QED) is 0.795. The minimum Gasteiger partial charge on any atom is -0.445 e. The molecule has 2 N–H and O–H groups in total. The lowest BCUT2D eigenvalue weighted by Crippen LogP contribution is -2.41. The highest BCUT2D eigenvalue weighted by Gasteiger charge is 2.24. The van der Waals surface area contributed by atoms with Crippen LogP contribution in [0.4, 0.5) is 13.6 Å². The number of hydrogen-bond acceptors (Lipinski definition) is 3. The number of carbonyl (C=O) groups excluding carboxylic acids is 1. The normalized spacial score (nSPS) is 22.2. The van der Waals surface area contributed by atoms with Crippen LogP contribution < -0.4 is 10.6 Å². The van der Waals surface area contributed by atoms with E-state index in [1.54, 1.807) is 0 Å². The lowest BCUT2D eigenvalue weighted by atomic mass is 9.86. The number of hydrogen-bond donors (Lipinski definition) is 2. The number of benzene rings is 1. The summed E-state index contributed by atoms with van der Waals surface area (Å²) >= 11 is 0. The standard InChI is InChI=1S/C18H26F2N2O2/c1-13(17(19)20)21-11-14-7-9-16(10-8-14)22-18(23)24-12-15-5-3-2-4-6-15/h2-6,13-14,16-17,21H,7-12H2,1H3,(H,22,23). The van der Waals surface area contributed by atoms with Crippen LogP contribution in [0.3, 0.4) is 0 Å². The van der Waals surface area contributed by atoms with Gasteiger partial charge in [0.15, 0.2) is 0 Å². The molecule has 0 radical (unpaired) electrons. The monoisotopic (exact) mass is 340 g/mol. The summed E-state index contributed by atoms with van der Waals surface area (Å²) in [4.78, 5) is 11.8. The van der Waals surface area contributed by atoms with Gasteiger partial charge in [0.05, 0.1) is 6.04 Å². The molecule has 1 aliphatic rings. The van der Waals surface area contributed by atoms with Gasteiger partial charge < -0.3 is 15.4 Å². The maximum Gasteiger partial charge on any atom is 0.407 e. The number of halogens is 2. The van der Waals surface area contributed by atoms with Crippen molar-refractivity contribution in [3.63, 3.8) is 0 Å². The van der Waals surface area contributed by atoms with Crippen LogP contribution in [-0.2, 0) is 11.3 Å². The van der Waals surface area contributed by atoms with Crippen molar-refractivity contribution in [2.45, 2.75) is 57.7 Å². The largest absolute Gasteiger partial charge is 0.445 e. The molecule has 1 fully saturated rings. The number of alkyl carbamates (subject to hydrolysis) is 1.